The average molecular weight is 290 g/mol. The summed E-state index contributed by atoms with van der Waals surface area (Å²) in [5.74, 6) is 0. The number of likely N-dealkylation sites (N-methyl/N-ethyl adjacent to an activating group) is 1. The van der Waals surface area contributed by atoms with Crippen LogP contribution >= 0.6 is 23.2 Å². The third kappa shape index (κ3) is 4.13. The predicted octanol–water partition coefficient (Wildman–Crippen LogP) is 4.46. The summed E-state index contributed by atoms with van der Waals surface area (Å²) in [6, 6.07) is 5.88. The molecule has 0 saturated heterocycles. The number of nitrogens with one attached hydrogen (secondary N) is 1. The van der Waals surface area contributed by atoms with Crippen LogP contribution in [-0.4, -0.2) is 19.8 Å². The first-order chi connectivity index (χ1) is 8.63. The van der Waals surface area contributed by atoms with Gasteiger partial charge in [-0.3, -0.25) is 0 Å². The minimum absolute atomic E-state index is 0.139. The van der Waals surface area contributed by atoms with Gasteiger partial charge in [0.2, 0.25) is 0 Å². The van der Waals surface area contributed by atoms with Crippen LogP contribution in [0.4, 0.5) is 0 Å². The highest BCUT2D eigenvalue weighted by Crippen LogP contribution is 2.29. The Hall–Kier alpha value is -0.280. The van der Waals surface area contributed by atoms with Gasteiger partial charge in [0.25, 0.3) is 0 Å². The van der Waals surface area contributed by atoms with Crippen LogP contribution in [0.1, 0.15) is 38.3 Å². The van der Waals surface area contributed by atoms with Crippen LogP contribution in [0.15, 0.2) is 18.2 Å². The molecule has 0 spiro atoms. The van der Waals surface area contributed by atoms with E-state index >= 15 is 0 Å². The molecular formula is C14H21Cl2NO. The zero-order valence-electron chi connectivity index (χ0n) is 11.2. The summed E-state index contributed by atoms with van der Waals surface area (Å²) in [7, 11) is 1.94. The maximum absolute atomic E-state index is 6.07. The van der Waals surface area contributed by atoms with Crippen molar-refractivity contribution in [2.45, 2.75) is 38.8 Å². The Labute approximate surface area is 120 Å². The van der Waals surface area contributed by atoms with E-state index in [0.717, 1.165) is 18.4 Å². The second-order valence-electron chi connectivity index (χ2n) is 4.22. The molecule has 1 rings (SSSR count). The lowest BCUT2D eigenvalue weighted by atomic mass is 9.98. The molecule has 102 valence electrons. The molecule has 0 aromatic heterocycles. The van der Waals surface area contributed by atoms with E-state index in [9.17, 15) is 0 Å². The molecule has 1 N–H and O–H groups in total. The number of hydrogen-bond acceptors (Lipinski definition) is 2. The Morgan fingerprint density at radius 1 is 1.22 bits per heavy atom. The first-order valence-corrected chi connectivity index (χ1v) is 7.13. The Bertz CT molecular complexity index is 365. The molecule has 0 aliphatic carbocycles. The molecule has 2 nitrogen and oxygen atoms in total. The van der Waals surface area contributed by atoms with E-state index in [1.807, 2.05) is 32.2 Å². The number of rotatable bonds is 7. The topological polar surface area (TPSA) is 21.3 Å². The smallest absolute Gasteiger partial charge is 0.0769 e. The number of hydrogen-bond donors (Lipinski definition) is 1. The van der Waals surface area contributed by atoms with Crippen LogP contribution in [0, 0.1) is 0 Å². The summed E-state index contributed by atoms with van der Waals surface area (Å²) in [6.45, 7) is 4.89. The summed E-state index contributed by atoms with van der Waals surface area (Å²) >= 11 is 12.0. The van der Waals surface area contributed by atoms with Crippen molar-refractivity contribution in [3.63, 3.8) is 0 Å². The van der Waals surface area contributed by atoms with Crippen molar-refractivity contribution in [1.82, 2.24) is 5.32 Å². The van der Waals surface area contributed by atoms with Crippen LogP contribution in [0.3, 0.4) is 0 Å². The van der Waals surface area contributed by atoms with E-state index in [2.05, 4.69) is 12.2 Å². The third-order valence-corrected chi connectivity index (χ3v) is 3.68. The van der Waals surface area contributed by atoms with Gasteiger partial charge in [0.15, 0.2) is 0 Å². The summed E-state index contributed by atoms with van der Waals surface area (Å²) in [6.07, 6.45) is 2.26. The Morgan fingerprint density at radius 2 is 1.94 bits per heavy atom. The minimum Gasteiger partial charge on any atom is -0.377 e. The van der Waals surface area contributed by atoms with Crippen molar-refractivity contribution in [1.29, 1.82) is 0 Å². The fourth-order valence-corrected chi connectivity index (χ4v) is 2.42. The van der Waals surface area contributed by atoms with E-state index in [-0.39, 0.29) is 12.1 Å². The maximum atomic E-state index is 6.07. The second-order valence-corrected chi connectivity index (χ2v) is 5.04. The lowest BCUT2D eigenvalue weighted by Gasteiger charge is -2.27. The lowest BCUT2D eigenvalue weighted by molar-refractivity contribution is 0.0295. The molecule has 0 heterocycles. The van der Waals surface area contributed by atoms with Gasteiger partial charge in [-0.05, 0) is 38.1 Å². The van der Waals surface area contributed by atoms with E-state index < -0.39 is 0 Å². The minimum atomic E-state index is 0.139. The summed E-state index contributed by atoms with van der Waals surface area (Å²) < 4.78 is 5.82. The zero-order valence-corrected chi connectivity index (χ0v) is 12.7. The second kappa shape index (κ2) is 8.00. The van der Waals surface area contributed by atoms with Crippen molar-refractivity contribution in [2.24, 2.45) is 0 Å². The van der Waals surface area contributed by atoms with Crippen molar-refractivity contribution in [3.8, 4) is 0 Å². The highest BCUT2D eigenvalue weighted by atomic mass is 35.5. The molecule has 2 atom stereocenters. The van der Waals surface area contributed by atoms with Gasteiger partial charge in [0.05, 0.1) is 22.2 Å². The van der Waals surface area contributed by atoms with Crippen LogP contribution in [0.2, 0.25) is 10.0 Å². The number of ether oxygens (including phenoxy) is 1. The Balaban J connectivity index is 2.94. The Kier molecular flexibility index (Phi) is 7.02. The molecule has 0 aliphatic rings. The molecule has 4 heteroatoms. The quantitative estimate of drug-likeness (QED) is 0.800. The van der Waals surface area contributed by atoms with E-state index in [4.69, 9.17) is 27.9 Å². The fraction of sp³-hybridized carbons (Fsp3) is 0.571. The first kappa shape index (κ1) is 15.8. The average Bonchev–Trinajstić information content (AvgIpc) is 2.35. The molecule has 0 fully saturated rings. The predicted molar refractivity (Wildman–Crippen MR) is 78.6 cm³/mol. The van der Waals surface area contributed by atoms with Gasteiger partial charge in [-0.1, -0.05) is 42.6 Å². The summed E-state index contributed by atoms with van der Waals surface area (Å²) in [5, 5.41) is 4.47. The van der Waals surface area contributed by atoms with E-state index in [0.29, 0.717) is 16.7 Å². The van der Waals surface area contributed by atoms with Gasteiger partial charge in [-0.25, -0.2) is 0 Å². The monoisotopic (exact) mass is 289 g/mol. The molecule has 1 aromatic carbocycles. The fourth-order valence-electron chi connectivity index (χ4n) is 2.12. The molecule has 1 aromatic rings. The number of halogens is 2. The van der Waals surface area contributed by atoms with Crippen molar-refractivity contribution in [3.05, 3.63) is 33.8 Å². The summed E-state index contributed by atoms with van der Waals surface area (Å²) in [5.41, 5.74) is 1.11. The first-order valence-electron chi connectivity index (χ1n) is 6.37. The summed E-state index contributed by atoms with van der Waals surface area (Å²) in [4.78, 5) is 0. The lowest BCUT2D eigenvalue weighted by Crippen LogP contribution is -2.31. The van der Waals surface area contributed by atoms with Gasteiger partial charge in [0.1, 0.15) is 0 Å². The van der Waals surface area contributed by atoms with Crippen LogP contribution in [-0.2, 0) is 4.74 Å². The normalized spacial score (nSPS) is 14.5. The van der Waals surface area contributed by atoms with Crippen LogP contribution in [0.5, 0.6) is 0 Å². The number of benzene rings is 1. The van der Waals surface area contributed by atoms with Crippen LogP contribution in [0.25, 0.3) is 0 Å². The van der Waals surface area contributed by atoms with Crippen molar-refractivity contribution >= 4 is 23.2 Å². The molecule has 0 aliphatic heterocycles. The molecule has 18 heavy (non-hydrogen) atoms. The molecule has 0 saturated carbocycles. The molecule has 0 amide bonds. The van der Waals surface area contributed by atoms with Gasteiger partial charge >= 0.3 is 0 Å². The van der Waals surface area contributed by atoms with E-state index in [1.54, 1.807) is 0 Å². The SMILES string of the molecule is CCCC(OCC)C(NC)c1ccc(Cl)c(Cl)c1. The van der Waals surface area contributed by atoms with Crippen molar-refractivity contribution < 1.29 is 4.74 Å². The third-order valence-electron chi connectivity index (χ3n) is 2.94. The van der Waals surface area contributed by atoms with Gasteiger partial charge < -0.3 is 10.1 Å². The maximum Gasteiger partial charge on any atom is 0.0769 e. The highest BCUT2D eigenvalue weighted by molar-refractivity contribution is 6.42. The highest BCUT2D eigenvalue weighted by Gasteiger charge is 2.21. The molecule has 2 unspecified atom stereocenters. The Morgan fingerprint density at radius 3 is 2.44 bits per heavy atom. The largest absolute Gasteiger partial charge is 0.377 e. The standard InChI is InChI=1S/C14H21Cl2NO/c1-4-6-13(18-5-2)14(17-3)10-7-8-11(15)12(16)9-10/h7-9,13-14,17H,4-6H2,1-3H3. The zero-order chi connectivity index (χ0) is 13.5. The molecular weight excluding hydrogens is 269 g/mol. The molecule has 0 radical (unpaired) electrons. The van der Waals surface area contributed by atoms with Crippen LogP contribution < -0.4 is 5.32 Å². The van der Waals surface area contributed by atoms with Gasteiger partial charge in [0, 0.05) is 6.61 Å². The van der Waals surface area contributed by atoms with Crippen molar-refractivity contribution in [2.75, 3.05) is 13.7 Å². The van der Waals surface area contributed by atoms with Gasteiger partial charge in [-0.2, -0.15) is 0 Å². The van der Waals surface area contributed by atoms with Gasteiger partial charge in [-0.15, -0.1) is 0 Å². The van der Waals surface area contributed by atoms with E-state index in [1.165, 1.54) is 0 Å². The molecule has 0 bridgehead atoms.